The van der Waals surface area contributed by atoms with E-state index in [0.717, 1.165) is 0 Å². The van der Waals surface area contributed by atoms with Crippen LogP contribution in [0.4, 0.5) is 10.5 Å². The average Bonchev–Trinajstić information content (AvgIpc) is 2.52. The number of anilines is 1. The third-order valence-electron chi connectivity index (χ3n) is 2.95. The molecule has 1 heterocycles. The molecule has 0 saturated carbocycles. The summed E-state index contributed by atoms with van der Waals surface area (Å²) in [5.41, 5.74) is 0.774. The van der Waals surface area contributed by atoms with Crippen LogP contribution in [0, 0.1) is 11.3 Å². The lowest BCUT2D eigenvalue weighted by molar-refractivity contribution is -0.148. The Hall–Kier alpha value is -2.75. The summed E-state index contributed by atoms with van der Waals surface area (Å²) in [5, 5.41) is 8.95. The molecule has 7 nitrogen and oxygen atoms in total. The molecule has 0 bridgehead atoms. The van der Waals surface area contributed by atoms with E-state index in [9.17, 15) is 9.59 Å². The number of benzene rings is 1. The van der Waals surface area contributed by atoms with Crippen molar-refractivity contribution in [2.24, 2.45) is 0 Å². The molecule has 0 spiro atoms. The summed E-state index contributed by atoms with van der Waals surface area (Å²) in [4.78, 5) is 24.9. The lowest BCUT2D eigenvalue weighted by Crippen LogP contribution is -2.47. The standard InChI is InChI=1S/C14H14N2O5/c1-3-20-14(18)16-8-12(13(17)19-2)21-11-5-4-9(7-15)6-10(11)16/h4-6,12H,3,8H2,1-2H3. The first kappa shape index (κ1) is 14.7. The van der Waals surface area contributed by atoms with Crippen LogP contribution in [-0.2, 0) is 14.3 Å². The molecule has 1 aromatic rings. The van der Waals surface area contributed by atoms with E-state index in [0.29, 0.717) is 17.0 Å². The normalized spacial score (nSPS) is 16.2. The maximum Gasteiger partial charge on any atom is 0.414 e. The Morgan fingerprint density at radius 1 is 1.52 bits per heavy atom. The van der Waals surface area contributed by atoms with Crippen molar-refractivity contribution in [2.75, 3.05) is 25.2 Å². The lowest BCUT2D eigenvalue weighted by Gasteiger charge is -2.32. The van der Waals surface area contributed by atoms with Crippen LogP contribution in [0.15, 0.2) is 18.2 Å². The van der Waals surface area contributed by atoms with Crippen molar-refractivity contribution < 1.29 is 23.8 Å². The van der Waals surface area contributed by atoms with Gasteiger partial charge in [0.2, 0.25) is 6.10 Å². The summed E-state index contributed by atoms with van der Waals surface area (Å²) in [7, 11) is 1.24. The molecule has 0 radical (unpaired) electrons. The fourth-order valence-electron chi connectivity index (χ4n) is 1.98. The fourth-order valence-corrected chi connectivity index (χ4v) is 1.98. The molecule has 1 atom stereocenters. The number of fused-ring (bicyclic) bond motifs is 1. The highest BCUT2D eigenvalue weighted by atomic mass is 16.6. The van der Waals surface area contributed by atoms with Crippen LogP contribution < -0.4 is 9.64 Å². The van der Waals surface area contributed by atoms with Gasteiger partial charge >= 0.3 is 12.1 Å². The third-order valence-corrected chi connectivity index (χ3v) is 2.95. The summed E-state index contributed by atoms with van der Waals surface area (Å²) in [6.07, 6.45) is -1.54. The molecule has 0 aromatic heterocycles. The van der Waals surface area contributed by atoms with Gasteiger partial charge in [-0.2, -0.15) is 5.26 Å². The van der Waals surface area contributed by atoms with Gasteiger partial charge in [-0.3, -0.25) is 4.90 Å². The van der Waals surface area contributed by atoms with Crippen molar-refractivity contribution in [1.82, 2.24) is 0 Å². The van der Waals surface area contributed by atoms with Gasteiger partial charge in [0.1, 0.15) is 5.75 Å². The van der Waals surface area contributed by atoms with Crippen LogP contribution in [0.3, 0.4) is 0 Å². The Labute approximate surface area is 121 Å². The summed E-state index contributed by atoms with van der Waals surface area (Å²) >= 11 is 0. The number of carbonyl (C=O) groups is 2. The average molecular weight is 290 g/mol. The number of ether oxygens (including phenoxy) is 3. The predicted octanol–water partition coefficient (Wildman–Crippen LogP) is 1.46. The Balaban J connectivity index is 2.41. The highest BCUT2D eigenvalue weighted by Gasteiger charge is 2.35. The zero-order chi connectivity index (χ0) is 15.4. The number of hydrogen-bond acceptors (Lipinski definition) is 6. The number of hydrogen-bond donors (Lipinski definition) is 0. The van der Waals surface area contributed by atoms with Gasteiger partial charge in [-0.05, 0) is 25.1 Å². The summed E-state index contributed by atoms with van der Waals surface area (Å²) in [6.45, 7) is 1.85. The zero-order valence-electron chi connectivity index (χ0n) is 11.7. The molecule has 1 aliphatic heterocycles. The first-order valence-electron chi connectivity index (χ1n) is 6.33. The van der Waals surface area contributed by atoms with Gasteiger partial charge in [-0.25, -0.2) is 9.59 Å². The Morgan fingerprint density at radius 3 is 2.90 bits per heavy atom. The molecule has 2 rings (SSSR count). The predicted molar refractivity (Wildman–Crippen MR) is 72.0 cm³/mol. The number of rotatable bonds is 2. The minimum absolute atomic E-state index is 0.0343. The quantitative estimate of drug-likeness (QED) is 0.766. The van der Waals surface area contributed by atoms with Gasteiger partial charge in [0.05, 0.1) is 37.6 Å². The molecule has 0 saturated heterocycles. The SMILES string of the molecule is CCOC(=O)N1CC(C(=O)OC)Oc2ccc(C#N)cc21. The third kappa shape index (κ3) is 2.89. The second kappa shape index (κ2) is 6.13. The van der Waals surface area contributed by atoms with Crippen LogP contribution in [0.25, 0.3) is 0 Å². The van der Waals surface area contributed by atoms with Gasteiger partial charge < -0.3 is 14.2 Å². The maximum absolute atomic E-state index is 12.0. The smallest absolute Gasteiger partial charge is 0.414 e. The van der Waals surface area contributed by atoms with E-state index in [2.05, 4.69) is 4.74 Å². The molecule has 0 aliphatic carbocycles. The molecule has 1 aliphatic rings. The van der Waals surface area contributed by atoms with Gasteiger partial charge in [-0.15, -0.1) is 0 Å². The number of amides is 1. The molecule has 1 unspecified atom stereocenters. The van der Waals surface area contributed by atoms with Crippen LogP contribution in [0.1, 0.15) is 12.5 Å². The highest BCUT2D eigenvalue weighted by molar-refractivity contribution is 5.92. The van der Waals surface area contributed by atoms with Crippen molar-refractivity contribution in [3.8, 4) is 11.8 Å². The molecular formula is C14H14N2O5. The summed E-state index contributed by atoms with van der Waals surface area (Å²) < 4.78 is 15.1. The Kier molecular flexibility index (Phi) is 4.28. The highest BCUT2D eigenvalue weighted by Crippen LogP contribution is 2.34. The minimum Gasteiger partial charge on any atom is -0.475 e. The number of nitrogens with zero attached hydrogens (tertiary/aromatic N) is 2. The topological polar surface area (TPSA) is 88.9 Å². The Bertz CT molecular complexity index is 608. The maximum atomic E-state index is 12.0. The summed E-state index contributed by atoms with van der Waals surface area (Å²) in [6, 6.07) is 6.58. The van der Waals surface area contributed by atoms with E-state index >= 15 is 0 Å². The Morgan fingerprint density at radius 2 is 2.29 bits per heavy atom. The van der Waals surface area contributed by atoms with E-state index in [1.54, 1.807) is 13.0 Å². The molecule has 110 valence electrons. The zero-order valence-corrected chi connectivity index (χ0v) is 11.7. The second-order valence-corrected chi connectivity index (χ2v) is 4.23. The monoisotopic (exact) mass is 290 g/mol. The first-order valence-corrected chi connectivity index (χ1v) is 6.33. The summed E-state index contributed by atoms with van der Waals surface area (Å²) in [5.74, 6) is -0.261. The molecule has 21 heavy (non-hydrogen) atoms. The van der Waals surface area contributed by atoms with Crippen molar-refractivity contribution in [3.63, 3.8) is 0 Å². The van der Waals surface area contributed by atoms with E-state index < -0.39 is 18.2 Å². The van der Waals surface area contributed by atoms with Crippen molar-refractivity contribution in [1.29, 1.82) is 5.26 Å². The van der Waals surface area contributed by atoms with Gasteiger partial charge in [0.25, 0.3) is 0 Å². The fraction of sp³-hybridized carbons (Fsp3) is 0.357. The number of esters is 1. The van der Waals surface area contributed by atoms with Crippen LogP contribution in [0.5, 0.6) is 5.75 Å². The second-order valence-electron chi connectivity index (χ2n) is 4.23. The van der Waals surface area contributed by atoms with E-state index in [4.69, 9.17) is 14.7 Å². The number of carbonyl (C=O) groups excluding carboxylic acids is 2. The van der Waals surface area contributed by atoms with Crippen LogP contribution in [-0.4, -0.2) is 38.4 Å². The first-order chi connectivity index (χ1) is 10.1. The van der Waals surface area contributed by atoms with E-state index in [1.165, 1.54) is 24.1 Å². The molecule has 0 N–H and O–H groups in total. The van der Waals surface area contributed by atoms with Gasteiger partial charge in [-0.1, -0.05) is 0 Å². The largest absolute Gasteiger partial charge is 0.475 e. The van der Waals surface area contributed by atoms with Gasteiger partial charge in [0.15, 0.2) is 0 Å². The van der Waals surface area contributed by atoms with Gasteiger partial charge in [0, 0.05) is 0 Å². The van der Waals surface area contributed by atoms with Crippen LogP contribution in [0.2, 0.25) is 0 Å². The number of methoxy groups -OCH3 is 1. The van der Waals surface area contributed by atoms with E-state index in [-0.39, 0.29) is 13.2 Å². The number of nitriles is 1. The van der Waals surface area contributed by atoms with Crippen molar-refractivity contribution in [3.05, 3.63) is 23.8 Å². The van der Waals surface area contributed by atoms with Crippen molar-refractivity contribution >= 4 is 17.7 Å². The van der Waals surface area contributed by atoms with Crippen LogP contribution >= 0.6 is 0 Å². The van der Waals surface area contributed by atoms with E-state index in [1.807, 2.05) is 6.07 Å². The minimum atomic E-state index is -0.931. The molecule has 7 heteroatoms. The molecule has 1 aromatic carbocycles. The van der Waals surface area contributed by atoms with Crippen molar-refractivity contribution in [2.45, 2.75) is 13.0 Å². The lowest BCUT2D eigenvalue weighted by atomic mass is 10.1. The molecule has 0 fully saturated rings. The molecule has 1 amide bonds. The molecular weight excluding hydrogens is 276 g/mol.